The van der Waals surface area contributed by atoms with E-state index in [1.165, 1.54) is 48.5 Å². The summed E-state index contributed by atoms with van der Waals surface area (Å²) in [5.74, 6) is -2.04. The number of hydrogen-bond donors (Lipinski definition) is 2. The molecule has 0 aliphatic carbocycles. The van der Waals surface area contributed by atoms with Gasteiger partial charge in [-0.2, -0.15) is 18.4 Å². The molecule has 0 saturated carbocycles. The van der Waals surface area contributed by atoms with Gasteiger partial charge in [-0.25, -0.2) is 4.39 Å². The van der Waals surface area contributed by atoms with Gasteiger partial charge in [-0.1, -0.05) is 35.9 Å². The first-order valence-electron chi connectivity index (χ1n) is 10.1. The number of nitriles is 1. The van der Waals surface area contributed by atoms with Crippen molar-refractivity contribution in [1.29, 1.82) is 5.26 Å². The molecule has 36 heavy (non-hydrogen) atoms. The molecule has 0 fully saturated rings. The molecule has 3 rings (SSSR count). The summed E-state index contributed by atoms with van der Waals surface area (Å²) in [6.07, 6.45) is -3.41. The van der Waals surface area contributed by atoms with E-state index in [4.69, 9.17) is 16.3 Å². The van der Waals surface area contributed by atoms with E-state index in [1.54, 1.807) is 12.1 Å². The van der Waals surface area contributed by atoms with Crippen molar-refractivity contribution in [1.82, 2.24) is 0 Å². The minimum absolute atomic E-state index is 0.00914. The summed E-state index contributed by atoms with van der Waals surface area (Å²) < 4.78 is 57.6. The summed E-state index contributed by atoms with van der Waals surface area (Å²) in [6, 6.07) is 15.5. The van der Waals surface area contributed by atoms with Crippen LogP contribution in [0.2, 0.25) is 5.02 Å². The van der Waals surface area contributed by atoms with Gasteiger partial charge in [-0.3, -0.25) is 9.59 Å². The van der Waals surface area contributed by atoms with Crippen LogP contribution in [0, 0.1) is 17.1 Å². The maximum atomic E-state index is 13.6. The molecular weight excluding hydrogens is 502 g/mol. The lowest BCUT2D eigenvalue weighted by Crippen LogP contribution is -2.20. The van der Waals surface area contributed by atoms with Crippen LogP contribution in [-0.4, -0.2) is 18.4 Å². The zero-order valence-electron chi connectivity index (χ0n) is 18.2. The zero-order chi connectivity index (χ0) is 26.3. The first kappa shape index (κ1) is 26.2. The van der Waals surface area contributed by atoms with Gasteiger partial charge in [0, 0.05) is 5.69 Å². The number of hydrogen-bond acceptors (Lipinski definition) is 4. The van der Waals surface area contributed by atoms with E-state index in [9.17, 15) is 32.4 Å². The van der Waals surface area contributed by atoms with Gasteiger partial charge in [0.1, 0.15) is 23.2 Å². The van der Waals surface area contributed by atoms with E-state index < -0.39 is 36.0 Å². The summed E-state index contributed by atoms with van der Waals surface area (Å²) in [5.41, 5.74) is -1.16. The fourth-order valence-corrected chi connectivity index (χ4v) is 3.15. The molecule has 0 saturated heterocycles. The van der Waals surface area contributed by atoms with Crippen LogP contribution in [0.1, 0.15) is 11.1 Å². The van der Waals surface area contributed by atoms with Crippen molar-refractivity contribution in [3.05, 3.63) is 94.3 Å². The van der Waals surface area contributed by atoms with Crippen LogP contribution in [0.25, 0.3) is 6.08 Å². The van der Waals surface area contributed by atoms with E-state index in [-0.39, 0.29) is 27.7 Å². The quantitative estimate of drug-likeness (QED) is 0.226. The second-order valence-electron chi connectivity index (χ2n) is 7.21. The number of para-hydroxylation sites is 1. The summed E-state index contributed by atoms with van der Waals surface area (Å²) in [4.78, 5) is 24.4. The number of carbonyl (C=O) groups excluding carboxylic acids is 2. The molecule has 2 N–H and O–H groups in total. The molecule has 0 aliphatic heterocycles. The van der Waals surface area contributed by atoms with Gasteiger partial charge in [0.2, 0.25) is 0 Å². The highest BCUT2D eigenvalue weighted by Gasteiger charge is 2.30. The topological polar surface area (TPSA) is 91.2 Å². The molecule has 0 radical (unpaired) electrons. The largest absolute Gasteiger partial charge is 0.482 e. The Labute approximate surface area is 207 Å². The predicted octanol–water partition coefficient (Wildman–Crippen LogP) is 6.06. The number of alkyl halides is 3. The van der Waals surface area contributed by atoms with Crippen molar-refractivity contribution in [2.24, 2.45) is 0 Å². The Balaban J connectivity index is 1.66. The Kier molecular flexibility index (Phi) is 8.30. The smallest absolute Gasteiger partial charge is 0.416 e. The third kappa shape index (κ3) is 7.07. The zero-order valence-corrected chi connectivity index (χ0v) is 19.0. The Bertz CT molecular complexity index is 1370. The molecule has 3 aromatic carbocycles. The summed E-state index contributed by atoms with van der Waals surface area (Å²) in [6.45, 7) is -0.466. The maximum Gasteiger partial charge on any atom is 0.416 e. The molecule has 0 atom stereocenters. The van der Waals surface area contributed by atoms with E-state index >= 15 is 0 Å². The normalized spacial score (nSPS) is 11.4. The second kappa shape index (κ2) is 11.4. The summed E-state index contributed by atoms with van der Waals surface area (Å²) >= 11 is 6.16. The number of anilines is 2. The van der Waals surface area contributed by atoms with Crippen molar-refractivity contribution in [2.45, 2.75) is 6.18 Å². The van der Waals surface area contributed by atoms with Crippen LogP contribution in [-0.2, 0) is 15.8 Å². The fourth-order valence-electron chi connectivity index (χ4n) is 2.90. The maximum absolute atomic E-state index is 13.6. The van der Waals surface area contributed by atoms with Gasteiger partial charge < -0.3 is 15.4 Å². The minimum Gasteiger partial charge on any atom is -0.482 e. The van der Waals surface area contributed by atoms with E-state index in [2.05, 4.69) is 10.6 Å². The van der Waals surface area contributed by atoms with Gasteiger partial charge in [0.15, 0.2) is 6.61 Å². The highest BCUT2D eigenvalue weighted by molar-refractivity contribution is 6.32. The van der Waals surface area contributed by atoms with E-state index in [0.717, 1.165) is 18.2 Å². The molecule has 0 bridgehead atoms. The molecule has 0 spiro atoms. The molecule has 184 valence electrons. The number of carbonyl (C=O) groups is 2. The number of amides is 2. The highest BCUT2D eigenvalue weighted by Crippen LogP contribution is 2.31. The number of halogens is 5. The molecule has 0 heterocycles. The lowest BCUT2D eigenvalue weighted by atomic mass is 10.1. The van der Waals surface area contributed by atoms with E-state index in [0.29, 0.717) is 5.56 Å². The Morgan fingerprint density at radius 1 is 1.03 bits per heavy atom. The number of benzene rings is 3. The molecular formula is C25H16ClF4N3O3. The standard InChI is InChI=1S/C25H16ClF4N3O3/c26-19-11-15(8-9-22(19)36-14-23(34)33-21-7-2-1-6-20(21)27)10-16(13-31)24(35)32-18-5-3-4-17(12-18)25(28,29)30/h1-12H,14H2,(H,32,35)(H,33,34)/b16-10+. The van der Waals surface area contributed by atoms with Gasteiger partial charge in [-0.15, -0.1) is 0 Å². The molecule has 0 unspecified atom stereocenters. The van der Waals surface area contributed by atoms with Gasteiger partial charge in [-0.05, 0) is 54.1 Å². The molecule has 0 aliphatic rings. The minimum atomic E-state index is -4.59. The van der Waals surface area contributed by atoms with Crippen LogP contribution in [0.15, 0.2) is 72.3 Å². The molecule has 6 nitrogen and oxygen atoms in total. The van der Waals surface area contributed by atoms with Crippen molar-refractivity contribution < 1.29 is 31.9 Å². The monoisotopic (exact) mass is 517 g/mol. The average molecular weight is 518 g/mol. The fraction of sp³-hybridized carbons (Fsp3) is 0.0800. The number of ether oxygens (including phenoxy) is 1. The Morgan fingerprint density at radius 3 is 2.44 bits per heavy atom. The van der Waals surface area contributed by atoms with Crippen molar-refractivity contribution >= 4 is 40.9 Å². The third-order valence-corrected chi connectivity index (χ3v) is 4.88. The predicted molar refractivity (Wildman–Crippen MR) is 126 cm³/mol. The van der Waals surface area contributed by atoms with Crippen LogP contribution in [0.4, 0.5) is 28.9 Å². The molecule has 0 aromatic heterocycles. The van der Waals surface area contributed by atoms with Gasteiger partial charge in [0.05, 0.1) is 16.3 Å². The van der Waals surface area contributed by atoms with Gasteiger partial charge >= 0.3 is 6.18 Å². The van der Waals surface area contributed by atoms with Gasteiger partial charge in [0.25, 0.3) is 11.8 Å². The lowest BCUT2D eigenvalue weighted by molar-refractivity contribution is -0.137. The SMILES string of the molecule is N#C/C(=C\c1ccc(OCC(=O)Nc2ccccc2F)c(Cl)c1)C(=O)Nc1cccc(C(F)(F)F)c1. The number of rotatable bonds is 7. The number of nitrogens with one attached hydrogen (secondary N) is 2. The Hall–Kier alpha value is -4.36. The van der Waals surface area contributed by atoms with Crippen LogP contribution in [0.3, 0.4) is 0 Å². The van der Waals surface area contributed by atoms with Crippen molar-refractivity contribution in [3.8, 4) is 11.8 Å². The third-order valence-electron chi connectivity index (χ3n) is 4.59. The van der Waals surface area contributed by atoms with Crippen LogP contribution >= 0.6 is 11.6 Å². The summed E-state index contributed by atoms with van der Waals surface area (Å²) in [5, 5.41) is 14.0. The van der Waals surface area contributed by atoms with Crippen LogP contribution in [0.5, 0.6) is 5.75 Å². The highest BCUT2D eigenvalue weighted by atomic mass is 35.5. The molecule has 2 amide bonds. The number of nitrogens with zero attached hydrogens (tertiary/aromatic N) is 1. The second-order valence-corrected chi connectivity index (χ2v) is 7.62. The first-order valence-corrected chi connectivity index (χ1v) is 10.5. The Morgan fingerprint density at radius 2 is 1.78 bits per heavy atom. The molecule has 11 heteroatoms. The summed E-state index contributed by atoms with van der Waals surface area (Å²) in [7, 11) is 0. The van der Waals surface area contributed by atoms with Crippen molar-refractivity contribution in [2.75, 3.05) is 17.2 Å². The molecule has 3 aromatic rings. The van der Waals surface area contributed by atoms with E-state index in [1.807, 2.05) is 0 Å². The van der Waals surface area contributed by atoms with Crippen LogP contribution < -0.4 is 15.4 Å². The average Bonchev–Trinajstić information content (AvgIpc) is 2.83. The first-order chi connectivity index (χ1) is 17.1. The van der Waals surface area contributed by atoms with Crippen molar-refractivity contribution in [3.63, 3.8) is 0 Å². The lowest BCUT2D eigenvalue weighted by Gasteiger charge is -2.10.